The van der Waals surface area contributed by atoms with Crippen molar-refractivity contribution in [2.24, 2.45) is 0 Å². The van der Waals surface area contributed by atoms with Crippen LogP contribution in [-0.2, 0) is 53.6 Å². The fourth-order valence-corrected chi connectivity index (χ4v) is 9.73. The molecule has 5 heteroatoms. The molecule has 0 spiro atoms. The second-order valence-corrected chi connectivity index (χ2v) is 24.5. The molecule has 0 N–H and O–H groups in total. The van der Waals surface area contributed by atoms with Gasteiger partial charge in [-0.05, 0) is 108 Å². The van der Waals surface area contributed by atoms with E-state index in [1.54, 1.807) is 0 Å². The van der Waals surface area contributed by atoms with Gasteiger partial charge in [-0.3, -0.25) is 0 Å². The Hall–Kier alpha value is -5.44. The van der Waals surface area contributed by atoms with Crippen molar-refractivity contribution in [1.29, 1.82) is 0 Å². The molecule has 4 nitrogen and oxygen atoms in total. The molecule has 0 fully saturated rings. The first-order chi connectivity index (χ1) is 31.7. The van der Waals surface area contributed by atoms with Crippen LogP contribution in [0.25, 0.3) is 27.6 Å². The molecule has 0 radical (unpaired) electrons. The topological polar surface area (TPSA) is 24.3 Å². The molecule has 3 heterocycles. The summed E-state index contributed by atoms with van der Waals surface area (Å²) in [6, 6.07) is 55.5. The van der Waals surface area contributed by atoms with Crippen LogP contribution in [0.5, 0.6) is 0 Å². The van der Waals surface area contributed by atoms with Gasteiger partial charge in [0.1, 0.15) is 5.82 Å². The van der Waals surface area contributed by atoms with Crippen LogP contribution in [0.15, 0.2) is 134 Å². The zero-order valence-electron chi connectivity index (χ0n) is 43.9. The van der Waals surface area contributed by atoms with Gasteiger partial charge in [-0.1, -0.05) is 171 Å². The Bertz CT molecular complexity index is 3160. The minimum absolute atomic E-state index is 0. The Morgan fingerprint density at radius 3 is 1.61 bits per heavy atom. The SMILES string of the molecule is CC(C)(C)c1ccc(C(C)(C)c2ccnc(-n3c4[c-]c(C(C)(C)c5[c-]c(N6[CH-]N(c7cc(C(C)(C)C)cc(C(C)(C)C)c7)c7ccccc76)ccc5)ccc4c4cc(C(C)(C)C)ccc43)c2)cc1.[Pt]. The predicted octanol–water partition coefficient (Wildman–Crippen LogP) is 17.0. The normalized spacial score (nSPS) is 13.9. The molecule has 2 aromatic heterocycles. The van der Waals surface area contributed by atoms with Gasteiger partial charge in [-0.2, -0.15) is 53.6 Å². The van der Waals surface area contributed by atoms with Crippen LogP contribution in [0.2, 0.25) is 0 Å². The van der Waals surface area contributed by atoms with Crippen molar-refractivity contribution in [3.63, 3.8) is 0 Å². The van der Waals surface area contributed by atoms with Crippen molar-refractivity contribution >= 4 is 44.6 Å². The average Bonchev–Trinajstić information content (AvgIpc) is 3.84. The van der Waals surface area contributed by atoms with E-state index in [4.69, 9.17) is 4.98 Å². The van der Waals surface area contributed by atoms with Crippen molar-refractivity contribution in [3.05, 3.63) is 197 Å². The minimum Gasteiger partial charge on any atom is -0.493 e. The minimum atomic E-state index is -0.444. The third-order valence-corrected chi connectivity index (χ3v) is 14.7. The molecule has 360 valence electrons. The molecule has 8 aromatic rings. The first-order valence-corrected chi connectivity index (χ1v) is 24.5. The van der Waals surface area contributed by atoms with Gasteiger partial charge in [0, 0.05) is 55.3 Å². The van der Waals surface area contributed by atoms with Crippen molar-refractivity contribution < 1.29 is 21.1 Å². The molecular formula is C64H71N4Pt-3. The Morgan fingerprint density at radius 1 is 0.435 bits per heavy atom. The quantitative estimate of drug-likeness (QED) is 0.149. The number of rotatable bonds is 7. The maximum absolute atomic E-state index is 5.12. The fourth-order valence-electron chi connectivity index (χ4n) is 9.73. The number of aromatic nitrogens is 2. The van der Waals surface area contributed by atoms with Gasteiger partial charge < -0.3 is 14.4 Å². The summed E-state index contributed by atoms with van der Waals surface area (Å²) in [7, 11) is 0. The van der Waals surface area contributed by atoms with E-state index in [0.29, 0.717) is 0 Å². The van der Waals surface area contributed by atoms with Crippen LogP contribution >= 0.6 is 0 Å². The molecule has 0 bridgehead atoms. The van der Waals surface area contributed by atoms with Crippen molar-refractivity contribution in [1.82, 2.24) is 9.55 Å². The Kier molecular flexibility index (Phi) is 12.6. The smallest absolute Gasteiger partial charge is 0.135 e. The fraction of sp³-hybridized carbons (Fsp3) is 0.344. The van der Waals surface area contributed by atoms with Gasteiger partial charge in [-0.25, -0.2) is 4.98 Å². The van der Waals surface area contributed by atoms with Crippen LogP contribution in [0.3, 0.4) is 0 Å². The van der Waals surface area contributed by atoms with Crippen molar-refractivity contribution in [3.8, 4) is 5.82 Å². The summed E-state index contributed by atoms with van der Waals surface area (Å²) >= 11 is 0. The Labute approximate surface area is 428 Å². The standard InChI is InChI=1S/C64H71N4.Pt/c1-59(2,3)42-24-26-43(27-25-42)63(13,14)47-32-33-65-58(40-47)68-54-31-29-44(60(4,5)6)38-53(54)52-30-28-46(39-57(52)68)64(15,16)45-20-19-21-50(35-45)66-41-67(56-23-18-17-22-55(56)66)51-36-48(61(7,8)9)34-49(37-51)62(10,11)12;/h17-34,36-38,40-41H,1-16H3;/q-3;. The number of nitrogens with zero attached hydrogens (tertiary/aromatic N) is 4. The van der Waals surface area contributed by atoms with E-state index in [0.717, 1.165) is 45.0 Å². The predicted molar refractivity (Wildman–Crippen MR) is 290 cm³/mol. The van der Waals surface area contributed by atoms with Crippen molar-refractivity contribution in [2.75, 3.05) is 9.80 Å². The second kappa shape index (κ2) is 17.4. The third kappa shape index (κ3) is 9.24. The van der Waals surface area contributed by atoms with Crippen LogP contribution in [-0.4, -0.2) is 9.55 Å². The average molecular weight is 1090 g/mol. The number of anilines is 4. The summed E-state index contributed by atoms with van der Waals surface area (Å²) in [5.74, 6) is 0.889. The summed E-state index contributed by atoms with van der Waals surface area (Å²) in [5.41, 5.74) is 16.0. The zero-order chi connectivity index (χ0) is 48.9. The maximum atomic E-state index is 5.12. The molecule has 0 amide bonds. The maximum Gasteiger partial charge on any atom is 0.135 e. The molecule has 6 aromatic carbocycles. The van der Waals surface area contributed by atoms with Crippen LogP contribution < -0.4 is 9.80 Å². The van der Waals surface area contributed by atoms with Gasteiger partial charge in [0.15, 0.2) is 0 Å². The number of benzene rings is 6. The van der Waals surface area contributed by atoms with E-state index in [2.05, 4.69) is 271 Å². The summed E-state index contributed by atoms with van der Waals surface area (Å²) in [6.07, 6.45) is 1.98. The molecule has 1 aliphatic rings. The van der Waals surface area contributed by atoms with Gasteiger partial charge in [0.25, 0.3) is 0 Å². The third-order valence-electron chi connectivity index (χ3n) is 14.7. The molecular weight excluding hydrogens is 1020 g/mol. The van der Waals surface area contributed by atoms with Crippen LogP contribution in [0.1, 0.15) is 155 Å². The van der Waals surface area contributed by atoms with E-state index >= 15 is 0 Å². The summed E-state index contributed by atoms with van der Waals surface area (Å²) in [4.78, 5) is 9.76. The molecule has 0 aliphatic carbocycles. The number of hydrogen-bond acceptors (Lipinski definition) is 3. The van der Waals surface area contributed by atoms with E-state index in [1.807, 2.05) is 6.20 Å². The van der Waals surface area contributed by atoms with Crippen LogP contribution in [0, 0.1) is 18.8 Å². The first-order valence-electron chi connectivity index (χ1n) is 24.5. The summed E-state index contributed by atoms with van der Waals surface area (Å²) in [6.45, 7) is 39.0. The molecule has 69 heavy (non-hydrogen) atoms. The Balaban J connectivity index is 0.00000642. The molecule has 0 saturated heterocycles. The van der Waals surface area contributed by atoms with Gasteiger partial charge in [0.05, 0.1) is 0 Å². The Morgan fingerprint density at radius 2 is 1.00 bits per heavy atom. The first kappa shape index (κ1) is 50.0. The van der Waals surface area contributed by atoms with Gasteiger partial charge >= 0.3 is 0 Å². The molecule has 1 aliphatic heterocycles. The summed E-state index contributed by atoms with van der Waals surface area (Å²) in [5, 5.41) is 2.38. The largest absolute Gasteiger partial charge is 0.493 e. The van der Waals surface area contributed by atoms with Crippen LogP contribution in [0.4, 0.5) is 22.7 Å². The van der Waals surface area contributed by atoms with E-state index in [-0.39, 0.29) is 48.1 Å². The van der Waals surface area contributed by atoms with Crippen molar-refractivity contribution in [2.45, 2.75) is 143 Å². The zero-order valence-corrected chi connectivity index (χ0v) is 46.2. The van der Waals surface area contributed by atoms with E-state index in [9.17, 15) is 0 Å². The number of pyridine rings is 1. The second-order valence-electron chi connectivity index (χ2n) is 24.5. The molecule has 0 atom stereocenters. The van der Waals surface area contributed by atoms with E-state index in [1.165, 1.54) is 49.8 Å². The number of fused-ring (bicyclic) bond motifs is 4. The molecule has 9 rings (SSSR count). The number of hydrogen-bond donors (Lipinski definition) is 0. The van der Waals surface area contributed by atoms with Gasteiger partial charge in [0.2, 0.25) is 0 Å². The molecule has 0 unspecified atom stereocenters. The van der Waals surface area contributed by atoms with Gasteiger partial charge in [-0.15, -0.1) is 17.7 Å². The summed E-state index contributed by atoms with van der Waals surface area (Å²) < 4.78 is 2.34. The number of para-hydroxylation sites is 2. The van der Waals surface area contributed by atoms with E-state index < -0.39 is 5.41 Å². The molecule has 0 saturated carbocycles. The monoisotopic (exact) mass is 1090 g/mol.